The lowest BCUT2D eigenvalue weighted by atomic mass is 10.1. The van der Waals surface area contributed by atoms with Crippen LogP contribution in [0, 0.1) is 0 Å². The van der Waals surface area contributed by atoms with Crippen molar-refractivity contribution in [2.24, 2.45) is 0 Å². The molecule has 0 radical (unpaired) electrons. The van der Waals surface area contributed by atoms with E-state index in [0.29, 0.717) is 44.3 Å². The van der Waals surface area contributed by atoms with Gasteiger partial charge in [0.15, 0.2) is 19.0 Å². The van der Waals surface area contributed by atoms with Gasteiger partial charge in [-0.15, -0.1) is 0 Å². The molecule has 0 spiro atoms. The molecule has 2 N–H and O–H groups in total. The Hall–Kier alpha value is -4.36. The number of esters is 1. The zero-order valence-corrected chi connectivity index (χ0v) is 22.5. The van der Waals surface area contributed by atoms with Crippen LogP contribution in [0.3, 0.4) is 0 Å². The summed E-state index contributed by atoms with van der Waals surface area (Å²) in [6.45, 7) is 5.14. The number of ether oxygens (including phenoxy) is 3. The van der Waals surface area contributed by atoms with Crippen molar-refractivity contribution in [1.82, 2.24) is 19.9 Å². The van der Waals surface area contributed by atoms with Crippen molar-refractivity contribution in [3.05, 3.63) is 28.7 Å². The van der Waals surface area contributed by atoms with Crippen LogP contribution in [0.25, 0.3) is 11.4 Å². The zero-order valence-electron chi connectivity index (χ0n) is 22.5. The van der Waals surface area contributed by atoms with E-state index >= 15 is 0 Å². The first-order valence-electron chi connectivity index (χ1n) is 12.9. The molecule has 0 unspecified atom stereocenters. The van der Waals surface area contributed by atoms with Crippen molar-refractivity contribution >= 4 is 23.8 Å². The van der Waals surface area contributed by atoms with E-state index in [2.05, 4.69) is 14.7 Å². The third-order valence-electron chi connectivity index (χ3n) is 6.43. The van der Waals surface area contributed by atoms with Gasteiger partial charge in [-0.2, -0.15) is 0 Å². The molecule has 14 nitrogen and oxygen atoms in total. The van der Waals surface area contributed by atoms with Crippen LogP contribution in [0.1, 0.15) is 46.5 Å². The van der Waals surface area contributed by atoms with Gasteiger partial charge < -0.3 is 29.1 Å². The average molecular weight is 561 g/mol. The quantitative estimate of drug-likeness (QED) is 0.420. The third-order valence-corrected chi connectivity index (χ3v) is 6.43. The molecule has 0 bridgehead atoms. The van der Waals surface area contributed by atoms with Crippen LogP contribution in [0.5, 0.6) is 11.5 Å². The number of carboxylic acids is 1. The molecule has 2 aliphatic rings. The smallest absolute Gasteiger partial charge is 0.439 e. The molecule has 2 fully saturated rings. The number of aromatic nitrogens is 2. The monoisotopic (exact) mass is 560 g/mol. The van der Waals surface area contributed by atoms with Gasteiger partial charge in [-0.05, 0) is 58.6 Å². The molecular weight excluding hydrogens is 528 g/mol. The van der Waals surface area contributed by atoms with E-state index in [9.17, 15) is 29.1 Å². The molecule has 0 aliphatic carbocycles. The van der Waals surface area contributed by atoms with E-state index in [-0.39, 0.29) is 17.3 Å². The third kappa shape index (κ3) is 6.98. The van der Waals surface area contributed by atoms with Gasteiger partial charge >= 0.3 is 17.7 Å². The van der Waals surface area contributed by atoms with E-state index in [1.807, 2.05) is 0 Å². The fraction of sp³-hybridized carbons (Fsp3) is 0.538. The fourth-order valence-electron chi connectivity index (χ4n) is 4.69. The summed E-state index contributed by atoms with van der Waals surface area (Å²) in [4.78, 5) is 66.2. The van der Waals surface area contributed by atoms with Crippen LogP contribution in [0.4, 0.5) is 0 Å². The second kappa shape index (κ2) is 11.8. The Morgan fingerprint density at radius 3 is 2.02 bits per heavy atom. The number of carbonyl (C=O) groups excluding carboxylic acids is 3. The second-order valence-electron chi connectivity index (χ2n) is 10.6. The molecule has 14 heteroatoms. The summed E-state index contributed by atoms with van der Waals surface area (Å²) in [5, 5.41) is 13.0. The van der Waals surface area contributed by atoms with Crippen LogP contribution >= 0.6 is 0 Å². The second-order valence-corrected chi connectivity index (χ2v) is 10.6. The molecule has 216 valence electrons. The molecule has 4 rings (SSSR count). The number of hydrogen-bond donors (Lipinski definition) is 2. The van der Waals surface area contributed by atoms with Crippen molar-refractivity contribution in [1.29, 1.82) is 0 Å². The Morgan fingerprint density at radius 2 is 1.52 bits per heavy atom. The number of aliphatic carboxylic acids is 1. The highest BCUT2D eigenvalue weighted by Gasteiger charge is 2.37. The maximum Gasteiger partial charge on any atom is 0.439 e. The summed E-state index contributed by atoms with van der Waals surface area (Å²) >= 11 is 0. The zero-order chi connectivity index (χ0) is 29.0. The Balaban J connectivity index is 1.46. The standard InChI is InChI=1S/C26H32N4O10/c1-26(2,3)39-24(35)19-7-5-9-30(19)21(32)14-38-17-11-15(22-27-25(36)40-28-22)10-16(12-17)37-13-20(31)29-8-4-6-18(29)23(33)34/h10-12,18-19H,4-9,13-14H2,1-3H3,(H,33,34)(H,27,28,36)/t18-,19-/m1/s1. The number of benzene rings is 1. The number of nitrogens with one attached hydrogen (secondary N) is 1. The van der Waals surface area contributed by atoms with Crippen molar-refractivity contribution in [2.75, 3.05) is 26.3 Å². The molecule has 2 aromatic rings. The van der Waals surface area contributed by atoms with Crippen molar-refractivity contribution < 1.29 is 43.0 Å². The molecule has 40 heavy (non-hydrogen) atoms. The Bertz CT molecular complexity index is 1330. The van der Waals surface area contributed by atoms with Crippen LogP contribution in [0.2, 0.25) is 0 Å². The van der Waals surface area contributed by atoms with E-state index in [4.69, 9.17) is 14.2 Å². The first-order chi connectivity index (χ1) is 18.9. The van der Waals surface area contributed by atoms with Gasteiger partial charge in [0.25, 0.3) is 11.8 Å². The Morgan fingerprint density at radius 1 is 0.975 bits per heavy atom. The highest BCUT2D eigenvalue weighted by atomic mass is 16.6. The lowest BCUT2D eigenvalue weighted by molar-refractivity contribution is -0.163. The Labute approximate surface area is 229 Å². The number of hydrogen-bond acceptors (Lipinski definition) is 10. The number of H-pyrrole nitrogens is 1. The largest absolute Gasteiger partial charge is 0.484 e. The van der Waals surface area contributed by atoms with E-state index in [0.717, 1.165) is 0 Å². The molecule has 0 saturated carbocycles. The predicted octanol–water partition coefficient (Wildman–Crippen LogP) is 1.20. The first kappa shape index (κ1) is 28.6. The van der Waals surface area contributed by atoms with Crippen LogP contribution in [0.15, 0.2) is 27.5 Å². The molecule has 3 heterocycles. The summed E-state index contributed by atoms with van der Waals surface area (Å²) < 4.78 is 21.4. The topological polar surface area (TPSA) is 182 Å². The first-order valence-corrected chi connectivity index (χ1v) is 12.9. The Kier molecular flexibility index (Phi) is 8.45. The average Bonchev–Trinajstić information content (AvgIpc) is 3.65. The highest BCUT2D eigenvalue weighted by Crippen LogP contribution is 2.29. The van der Waals surface area contributed by atoms with E-state index in [1.165, 1.54) is 28.0 Å². The number of likely N-dealkylation sites (tertiary alicyclic amines) is 2. The minimum absolute atomic E-state index is 0.0629. The number of amides is 2. The summed E-state index contributed by atoms with van der Waals surface area (Å²) in [6.07, 6.45) is 2.08. The maximum atomic E-state index is 13.0. The molecule has 2 saturated heterocycles. The van der Waals surface area contributed by atoms with E-state index < -0.39 is 60.4 Å². The fourth-order valence-corrected chi connectivity index (χ4v) is 4.69. The van der Waals surface area contributed by atoms with Crippen LogP contribution in [-0.4, -0.2) is 92.8 Å². The molecule has 2 amide bonds. The number of carbonyl (C=O) groups is 4. The van der Waals surface area contributed by atoms with Gasteiger partial charge in [0.2, 0.25) is 0 Å². The predicted molar refractivity (Wildman–Crippen MR) is 137 cm³/mol. The normalized spacial score (nSPS) is 19.0. The number of carboxylic acid groups (broad SMARTS) is 1. The van der Waals surface area contributed by atoms with Crippen molar-refractivity contribution in [3.8, 4) is 22.9 Å². The SMILES string of the molecule is CC(C)(C)OC(=O)[C@H]1CCCN1C(=O)COc1cc(OCC(=O)N2CCC[C@@H]2C(=O)O)cc(-c2noc(=O)[nH]2)c1. The van der Waals surface area contributed by atoms with Crippen molar-refractivity contribution in [2.45, 2.75) is 64.1 Å². The maximum absolute atomic E-state index is 13.0. The summed E-state index contributed by atoms with van der Waals surface area (Å²) in [7, 11) is 0. The van der Waals surface area contributed by atoms with Crippen LogP contribution < -0.4 is 15.2 Å². The molecule has 2 atom stereocenters. The van der Waals surface area contributed by atoms with Crippen molar-refractivity contribution in [3.63, 3.8) is 0 Å². The number of aromatic amines is 1. The van der Waals surface area contributed by atoms with Gasteiger partial charge in [0, 0.05) is 24.7 Å². The van der Waals surface area contributed by atoms with Gasteiger partial charge in [0.05, 0.1) is 0 Å². The number of nitrogens with zero attached hydrogens (tertiary/aromatic N) is 3. The minimum atomic E-state index is -1.07. The van der Waals surface area contributed by atoms with E-state index in [1.54, 1.807) is 20.8 Å². The molecule has 2 aliphatic heterocycles. The molecule has 1 aromatic carbocycles. The lowest BCUT2D eigenvalue weighted by Gasteiger charge is -2.27. The van der Waals surface area contributed by atoms with Gasteiger partial charge in [0.1, 0.15) is 29.2 Å². The van der Waals surface area contributed by atoms with Gasteiger partial charge in [-0.1, -0.05) is 5.16 Å². The van der Waals surface area contributed by atoms with Gasteiger partial charge in [-0.3, -0.25) is 19.1 Å². The minimum Gasteiger partial charge on any atom is -0.484 e. The summed E-state index contributed by atoms with van der Waals surface area (Å²) in [5.41, 5.74) is -0.371. The van der Waals surface area contributed by atoms with Gasteiger partial charge in [-0.25, -0.2) is 14.4 Å². The molecule has 1 aromatic heterocycles. The summed E-state index contributed by atoms with van der Waals surface area (Å²) in [6, 6.07) is 2.81. The lowest BCUT2D eigenvalue weighted by Crippen LogP contribution is -2.45. The van der Waals surface area contributed by atoms with Crippen LogP contribution in [-0.2, 0) is 23.9 Å². The highest BCUT2D eigenvalue weighted by molar-refractivity contribution is 5.86. The summed E-state index contributed by atoms with van der Waals surface area (Å²) in [5.74, 6) is -2.87. The number of rotatable bonds is 9. The molecular formula is C26H32N4O10.